The van der Waals surface area contributed by atoms with Gasteiger partial charge in [-0.25, -0.2) is 9.18 Å². The SMILES string of the molecule is Cc1nccc(C(=O)O)c1NC[C@@H]1CCCc2cc(N(C)c3ccccc3F)ccc21. The van der Waals surface area contributed by atoms with E-state index in [-0.39, 0.29) is 17.3 Å². The Bertz CT molecular complexity index is 1120. The number of aromatic carboxylic acids is 1. The zero-order valence-electron chi connectivity index (χ0n) is 17.7. The molecule has 1 aliphatic rings. The number of rotatable bonds is 6. The quantitative estimate of drug-likeness (QED) is 0.550. The van der Waals surface area contributed by atoms with Gasteiger partial charge in [0.1, 0.15) is 5.82 Å². The van der Waals surface area contributed by atoms with Gasteiger partial charge in [0.15, 0.2) is 0 Å². The van der Waals surface area contributed by atoms with Crippen LogP contribution in [-0.4, -0.2) is 29.7 Å². The maximum Gasteiger partial charge on any atom is 0.337 e. The van der Waals surface area contributed by atoms with Gasteiger partial charge in [-0.05, 0) is 67.6 Å². The van der Waals surface area contributed by atoms with Crippen molar-refractivity contribution in [2.75, 3.05) is 23.8 Å². The third-order valence-electron chi connectivity index (χ3n) is 6.06. The van der Waals surface area contributed by atoms with Crippen LogP contribution in [0.1, 0.15) is 45.9 Å². The lowest BCUT2D eigenvalue weighted by atomic mass is 9.82. The van der Waals surface area contributed by atoms with E-state index in [1.165, 1.54) is 29.5 Å². The van der Waals surface area contributed by atoms with E-state index in [4.69, 9.17) is 0 Å². The number of hydrogen-bond donors (Lipinski definition) is 2. The molecule has 0 fully saturated rings. The van der Waals surface area contributed by atoms with Crippen molar-refractivity contribution in [3.63, 3.8) is 0 Å². The number of anilines is 3. The number of carboxylic acid groups (broad SMARTS) is 1. The Morgan fingerprint density at radius 1 is 1.26 bits per heavy atom. The molecule has 5 nitrogen and oxygen atoms in total. The minimum atomic E-state index is -0.960. The van der Waals surface area contributed by atoms with E-state index >= 15 is 0 Å². The second-order valence-electron chi connectivity index (χ2n) is 7.99. The number of para-hydroxylation sites is 1. The van der Waals surface area contributed by atoms with Crippen molar-refractivity contribution in [2.24, 2.45) is 0 Å². The van der Waals surface area contributed by atoms with E-state index in [2.05, 4.69) is 22.4 Å². The molecule has 0 saturated carbocycles. The van der Waals surface area contributed by atoms with Crippen LogP contribution in [0, 0.1) is 12.7 Å². The number of benzene rings is 2. The van der Waals surface area contributed by atoms with Gasteiger partial charge in [-0.1, -0.05) is 18.2 Å². The Morgan fingerprint density at radius 2 is 2.06 bits per heavy atom. The van der Waals surface area contributed by atoms with Gasteiger partial charge in [-0.3, -0.25) is 4.98 Å². The highest BCUT2D eigenvalue weighted by Gasteiger charge is 2.22. The van der Waals surface area contributed by atoms with Gasteiger partial charge < -0.3 is 15.3 Å². The molecule has 0 saturated heterocycles. The fourth-order valence-electron chi connectivity index (χ4n) is 4.38. The molecule has 1 aliphatic carbocycles. The first-order valence-electron chi connectivity index (χ1n) is 10.5. The first-order chi connectivity index (χ1) is 15.0. The summed E-state index contributed by atoms with van der Waals surface area (Å²) in [6, 6.07) is 14.6. The molecule has 0 aliphatic heterocycles. The number of pyridine rings is 1. The summed E-state index contributed by atoms with van der Waals surface area (Å²) >= 11 is 0. The van der Waals surface area contributed by atoms with Crippen LogP contribution in [0.2, 0.25) is 0 Å². The summed E-state index contributed by atoms with van der Waals surface area (Å²) in [5.74, 6) is -0.929. The zero-order valence-corrected chi connectivity index (χ0v) is 17.7. The lowest BCUT2D eigenvalue weighted by Gasteiger charge is -2.29. The van der Waals surface area contributed by atoms with Gasteiger partial charge in [0.05, 0.1) is 22.6 Å². The molecule has 2 N–H and O–H groups in total. The number of carbonyl (C=O) groups is 1. The van der Waals surface area contributed by atoms with E-state index in [1.807, 2.05) is 31.0 Å². The molecule has 0 unspecified atom stereocenters. The summed E-state index contributed by atoms with van der Waals surface area (Å²) in [6.07, 6.45) is 4.60. The molecule has 0 bridgehead atoms. The van der Waals surface area contributed by atoms with Crippen LogP contribution in [0.3, 0.4) is 0 Å². The minimum absolute atomic E-state index is 0.241. The van der Waals surface area contributed by atoms with Gasteiger partial charge >= 0.3 is 5.97 Å². The van der Waals surface area contributed by atoms with E-state index in [9.17, 15) is 14.3 Å². The summed E-state index contributed by atoms with van der Waals surface area (Å²) in [4.78, 5) is 17.7. The number of fused-ring (bicyclic) bond motifs is 1. The van der Waals surface area contributed by atoms with Crippen LogP contribution < -0.4 is 10.2 Å². The van der Waals surface area contributed by atoms with Crippen LogP contribution >= 0.6 is 0 Å². The number of nitrogens with one attached hydrogen (secondary N) is 1. The smallest absolute Gasteiger partial charge is 0.337 e. The molecule has 1 heterocycles. The fourth-order valence-corrected chi connectivity index (χ4v) is 4.38. The van der Waals surface area contributed by atoms with Crippen molar-refractivity contribution in [1.82, 2.24) is 4.98 Å². The fraction of sp³-hybridized carbons (Fsp3) is 0.280. The Kier molecular flexibility index (Phi) is 5.89. The number of nitrogens with zero attached hydrogens (tertiary/aromatic N) is 2. The maximum atomic E-state index is 14.2. The Morgan fingerprint density at radius 3 is 2.84 bits per heavy atom. The van der Waals surface area contributed by atoms with Crippen molar-refractivity contribution in [1.29, 1.82) is 0 Å². The molecule has 1 atom stereocenters. The summed E-state index contributed by atoms with van der Waals surface area (Å²) in [5.41, 5.74) is 5.53. The van der Waals surface area contributed by atoms with Gasteiger partial charge in [0.2, 0.25) is 0 Å². The van der Waals surface area contributed by atoms with Crippen molar-refractivity contribution < 1.29 is 14.3 Å². The van der Waals surface area contributed by atoms with E-state index < -0.39 is 5.97 Å². The topological polar surface area (TPSA) is 65.5 Å². The van der Waals surface area contributed by atoms with Crippen LogP contribution in [0.4, 0.5) is 21.5 Å². The van der Waals surface area contributed by atoms with Crippen molar-refractivity contribution >= 4 is 23.0 Å². The molecule has 0 radical (unpaired) electrons. The van der Waals surface area contributed by atoms with Crippen molar-refractivity contribution in [3.05, 3.63) is 82.9 Å². The molecule has 6 heteroatoms. The Balaban J connectivity index is 1.56. The number of carboxylic acids is 1. The Hall–Kier alpha value is -3.41. The number of hydrogen-bond acceptors (Lipinski definition) is 4. The van der Waals surface area contributed by atoms with Crippen molar-refractivity contribution in [3.8, 4) is 0 Å². The van der Waals surface area contributed by atoms with Gasteiger partial charge in [0, 0.05) is 31.4 Å². The second-order valence-corrected chi connectivity index (χ2v) is 7.99. The third-order valence-corrected chi connectivity index (χ3v) is 6.06. The lowest BCUT2D eigenvalue weighted by Crippen LogP contribution is -2.20. The number of aryl methyl sites for hydroxylation is 2. The molecule has 0 spiro atoms. The average Bonchev–Trinajstić information content (AvgIpc) is 2.77. The molecular weight excluding hydrogens is 393 g/mol. The first-order valence-corrected chi connectivity index (χ1v) is 10.5. The summed E-state index contributed by atoms with van der Waals surface area (Å²) in [6.45, 7) is 2.46. The van der Waals surface area contributed by atoms with Crippen LogP contribution in [-0.2, 0) is 6.42 Å². The normalized spacial score (nSPS) is 15.3. The van der Waals surface area contributed by atoms with Crippen molar-refractivity contribution in [2.45, 2.75) is 32.1 Å². The predicted molar refractivity (Wildman–Crippen MR) is 121 cm³/mol. The number of aromatic nitrogens is 1. The predicted octanol–water partition coefficient (Wildman–Crippen LogP) is 5.53. The molecule has 31 heavy (non-hydrogen) atoms. The summed E-state index contributed by atoms with van der Waals surface area (Å²) in [5, 5.41) is 12.8. The van der Waals surface area contributed by atoms with E-state index in [0.717, 1.165) is 24.9 Å². The van der Waals surface area contributed by atoms with Crippen LogP contribution in [0.5, 0.6) is 0 Å². The molecule has 4 rings (SSSR count). The summed E-state index contributed by atoms with van der Waals surface area (Å²) in [7, 11) is 1.88. The zero-order chi connectivity index (χ0) is 22.0. The lowest BCUT2D eigenvalue weighted by molar-refractivity contribution is 0.0697. The van der Waals surface area contributed by atoms with E-state index in [0.29, 0.717) is 23.6 Å². The van der Waals surface area contributed by atoms with Gasteiger partial charge in [0.25, 0.3) is 0 Å². The standard InChI is InChI=1S/C25H26FN3O2/c1-16-24(21(25(30)31)12-13-27-16)28-15-18-7-5-6-17-14-19(10-11-20(17)18)29(2)23-9-4-3-8-22(23)26/h3-4,8-14,18,28H,5-7,15H2,1-2H3,(H,30,31)/t18-/m0/s1. The highest BCUT2D eigenvalue weighted by molar-refractivity contribution is 5.94. The maximum absolute atomic E-state index is 14.2. The monoisotopic (exact) mass is 419 g/mol. The second kappa shape index (κ2) is 8.76. The molecule has 2 aromatic carbocycles. The number of halogens is 1. The molecule has 1 aromatic heterocycles. The van der Waals surface area contributed by atoms with Crippen LogP contribution in [0.25, 0.3) is 0 Å². The largest absolute Gasteiger partial charge is 0.478 e. The molecule has 160 valence electrons. The van der Waals surface area contributed by atoms with Gasteiger partial charge in [-0.2, -0.15) is 0 Å². The van der Waals surface area contributed by atoms with Crippen LogP contribution in [0.15, 0.2) is 54.7 Å². The highest BCUT2D eigenvalue weighted by Crippen LogP contribution is 2.36. The summed E-state index contributed by atoms with van der Waals surface area (Å²) < 4.78 is 14.2. The first kappa shape index (κ1) is 20.8. The molecule has 0 amide bonds. The minimum Gasteiger partial charge on any atom is -0.478 e. The molecular formula is C25H26FN3O2. The van der Waals surface area contributed by atoms with E-state index in [1.54, 1.807) is 12.1 Å². The Labute approximate surface area is 181 Å². The highest BCUT2D eigenvalue weighted by atomic mass is 19.1. The van der Waals surface area contributed by atoms with Gasteiger partial charge in [-0.15, -0.1) is 0 Å². The average molecular weight is 420 g/mol. The third kappa shape index (κ3) is 4.24. The molecule has 3 aromatic rings.